The Morgan fingerprint density at radius 3 is 2.44 bits per heavy atom. The van der Waals surface area contributed by atoms with Crippen LogP contribution in [0.1, 0.15) is 10.4 Å². The second-order valence-corrected chi connectivity index (χ2v) is 5.24. The lowest BCUT2D eigenvalue weighted by atomic mass is 10.2. The second-order valence-electron chi connectivity index (χ2n) is 3.44. The summed E-state index contributed by atoms with van der Waals surface area (Å²) in [6.45, 7) is 1.52. The fourth-order valence-electron chi connectivity index (χ4n) is 1.38. The average molecular weight is 256 g/mol. The van der Waals surface area contributed by atoms with Crippen LogP contribution in [0, 0.1) is 5.82 Å². The molecule has 0 saturated carbocycles. The Bertz CT molecular complexity index is 452. The first-order valence-electron chi connectivity index (χ1n) is 4.93. The van der Waals surface area contributed by atoms with E-state index < -0.39 is 0 Å². The minimum absolute atomic E-state index is 0.200. The highest BCUT2D eigenvalue weighted by molar-refractivity contribution is 7.16. The maximum Gasteiger partial charge on any atom is 0.123 e. The molecule has 4 heteroatoms. The van der Waals surface area contributed by atoms with Crippen LogP contribution >= 0.6 is 22.9 Å². The van der Waals surface area contributed by atoms with E-state index in [-0.39, 0.29) is 5.82 Å². The number of hydrogen-bond acceptors (Lipinski definition) is 2. The maximum atomic E-state index is 12.6. The van der Waals surface area contributed by atoms with Crippen LogP contribution in [0.4, 0.5) is 4.39 Å². The van der Waals surface area contributed by atoms with Gasteiger partial charge in [-0.1, -0.05) is 23.7 Å². The SMILES string of the molecule is Fc1ccc(CNCc2ccc(Cl)s2)cc1. The van der Waals surface area contributed by atoms with E-state index in [1.165, 1.54) is 17.0 Å². The predicted octanol–water partition coefficient (Wildman–Crippen LogP) is 3.83. The molecule has 0 aliphatic rings. The van der Waals surface area contributed by atoms with Crippen LogP contribution in [0.15, 0.2) is 36.4 Å². The number of hydrogen-bond donors (Lipinski definition) is 1. The molecule has 0 aliphatic carbocycles. The van der Waals surface area contributed by atoms with E-state index in [1.54, 1.807) is 23.5 Å². The molecule has 0 radical (unpaired) electrons. The molecule has 0 spiro atoms. The van der Waals surface area contributed by atoms with Gasteiger partial charge in [0, 0.05) is 18.0 Å². The van der Waals surface area contributed by atoms with E-state index in [0.717, 1.165) is 23.0 Å². The van der Waals surface area contributed by atoms with Crippen LogP contribution in [-0.2, 0) is 13.1 Å². The third-order valence-electron chi connectivity index (χ3n) is 2.17. The number of rotatable bonds is 4. The summed E-state index contributed by atoms with van der Waals surface area (Å²) in [5.74, 6) is -0.200. The average Bonchev–Trinajstić information content (AvgIpc) is 2.67. The highest BCUT2D eigenvalue weighted by atomic mass is 35.5. The highest BCUT2D eigenvalue weighted by Gasteiger charge is 1.98. The van der Waals surface area contributed by atoms with Crippen LogP contribution in [0.3, 0.4) is 0 Å². The van der Waals surface area contributed by atoms with Gasteiger partial charge in [0.15, 0.2) is 0 Å². The Kier molecular flexibility index (Phi) is 3.93. The molecule has 0 atom stereocenters. The molecule has 1 heterocycles. The third kappa shape index (κ3) is 3.30. The molecule has 0 aliphatic heterocycles. The van der Waals surface area contributed by atoms with E-state index in [9.17, 15) is 4.39 Å². The molecule has 0 unspecified atom stereocenters. The van der Waals surface area contributed by atoms with Crippen LogP contribution in [-0.4, -0.2) is 0 Å². The van der Waals surface area contributed by atoms with Crippen LogP contribution in [0.5, 0.6) is 0 Å². The van der Waals surface area contributed by atoms with Gasteiger partial charge in [-0.25, -0.2) is 4.39 Å². The molecule has 0 bridgehead atoms. The molecule has 0 fully saturated rings. The quantitative estimate of drug-likeness (QED) is 0.876. The molecule has 1 N–H and O–H groups in total. The van der Waals surface area contributed by atoms with Crippen molar-refractivity contribution in [1.29, 1.82) is 0 Å². The Balaban J connectivity index is 1.82. The fraction of sp³-hybridized carbons (Fsp3) is 0.167. The van der Waals surface area contributed by atoms with Crippen molar-refractivity contribution in [2.45, 2.75) is 13.1 Å². The zero-order valence-electron chi connectivity index (χ0n) is 8.54. The standard InChI is InChI=1S/C12H11ClFNS/c13-12-6-5-11(16-12)8-15-7-9-1-3-10(14)4-2-9/h1-6,15H,7-8H2. The van der Waals surface area contributed by atoms with Gasteiger partial charge in [-0.2, -0.15) is 0 Å². The predicted molar refractivity (Wildman–Crippen MR) is 66.3 cm³/mol. The van der Waals surface area contributed by atoms with Gasteiger partial charge >= 0.3 is 0 Å². The van der Waals surface area contributed by atoms with Gasteiger partial charge in [-0.15, -0.1) is 11.3 Å². The molecule has 84 valence electrons. The first kappa shape index (κ1) is 11.6. The second kappa shape index (κ2) is 5.43. The third-order valence-corrected chi connectivity index (χ3v) is 3.40. The monoisotopic (exact) mass is 255 g/mol. The molecule has 1 aromatic carbocycles. The van der Waals surface area contributed by atoms with Gasteiger partial charge in [-0.3, -0.25) is 0 Å². The number of halogens is 2. The van der Waals surface area contributed by atoms with Gasteiger partial charge in [0.2, 0.25) is 0 Å². The molecule has 16 heavy (non-hydrogen) atoms. The van der Waals surface area contributed by atoms with E-state index in [4.69, 9.17) is 11.6 Å². The topological polar surface area (TPSA) is 12.0 Å². The van der Waals surface area contributed by atoms with Crippen molar-refractivity contribution in [3.05, 3.63) is 57.0 Å². The summed E-state index contributed by atoms with van der Waals surface area (Å²) in [6, 6.07) is 10.4. The van der Waals surface area contributed by atoms with Crippen molar-refractivity contribution in [1.82, 2.24) is 5.32 Å². The summed E-state index contributed by atoms with van der Waals surface area (Å²) in [5, 5.41) is 3.28. The number of benzene rings is 1. The molecule has 2 rings (SSSR count). The zero-order valence-corrected chi connectivity index (χ0v) is 10.1. The summed E-state index contributed by atoms with van der Waals surface area (Å²) in [7, 11) is 0. The van der Waals surface area contributed by atoms with Crippen molar-refractivity contribution in [3.63, 3.8) is 0 Å². The number of thiophene rings is 1. The van der Waals surface area contributed by atoms with Crippen LogP contribution < -0.4 is 5.32 Å². The maximum absolute atomic E-state index is 12.6. The van der Waals surface area contributed by atoms with Crippen molar-refractivity contribution in [3.8, 4) is 0 Å². The minimum Gasteiger partial charge on any atom is -0.308 e. The Hall–Kier alpha value is -0.900. The Labute approximate surface area is 103 Å². The lowest BCUT2D eigenvalue weighted by Gasteiger charge is -2.02. The fourth-order valence-corrected chi connectivity index (χ4v) is 2.44. The minimum atomic E-state index is -0.200. The van der Waals surface area contributed by atoms with Gasteiger partial charge in [0.1, 0.15) is 5.82 Å². The summed E-state index contributed by atoms with van der Waals surface area (Å²) >= 11 is 7.39. The Morgan fingerprint density at radius 2 is 1.81 bits per heavy atom. The molecule has 2 aromatic rings. The van der Waals surface area contributed by atoms with Crippen LogP contribution in [0.25, 0.3) is 0 Å². The first-order chi connectivity index (χ1) is 7.74. The summed E-state index contributed by atoms with van der Waals surface area (Å²) in [6.07, 6.45) is 0. The summed E-state index contributed by atoms with van der Waals surface area (Å²) < 4.78 is 13.4. The van der Waals surface area contributed by atoms with Crippen molar-refractivity contribution in [2.75, 3.05) is 0 Å². The van der Waals surface area contributed by atoms with Gasteiger partial charge in [0.05, 0.1) is 4.34 Å². The molecular formula is C12H11ClFNS. The van der Waals surface area contributed by atoms with E-state index in [1.807, 2.05) is 12.1 Å². The molecular weight excluding hydrogens is 245 g/mol. The van der Waals surface area contributed by atoms with Crippen LogP contribution in [0.2, 0.25) is 4.34 Å². The zero-order chi connectivity index (χ0) is 11.4. The Morgan fingerprint density at radius 1 is 1.06 bits per heavy atom. The van der Waals surface area contributed by atoms with Crippen molar-refractivity contribution >= 4 is 22.9 Å². The highest BCUT2D eigenvalue weighted by Crippen LogP contribution is 2.21. The lowest BCUT2D eigenvalue weighted by molar-refractivity contribution is 0.625. The first-order valence-corrected chi connectivity index (χ1v) is 6.13. The summed E-state index contributed by atoms with van der Waals surface area (Å²) in [5.41, 5.74) is 1.07. The molecule has 1 nitrogen and oxygen atoms in total. The molecule has 0 saturated heterocycles. The molecule has 1 aromatic heterocycles. The van der Waals surface area contributed by atoms with Crippen molar-refractivity contribution in [2.24, 2.45) is 0 Å². The largest absolute Gasteiger partial charge is 0.308 e. The van der Waals surface area contributed by atoms with E-state index >= 15 is 0 Å². The smallest absolute Gasteiger partial charge is 0.123 e. The van der Waals surface area contributed by atoms with Crippen molar-refractivity contribution < 1.29 is 4.39 Å². The van der Waals surface area contributed by atoms with E-state index in [2.05, 4.69) is 5.32 Å². The summed E-state index contributed by atoms with van der Waals surface area (Å²) in [4.78, 5) is 1.20. The van der Waals surface area contributed by atoms with Gasteiger partial charge < -0.3 is 5.32 Å². The number of nitrogens with one attached hydrogen (secondary N) is 1. The molecule has 0 amide bonds. The van der Waals surface area contributed by atoms with Gasteiger partial charge in [-0.05, 0) is 29.8 Å². The van der Waals surface area contributed by atoms with E-state index in [0.29, 0.717) is 0 Å². The van der Waals surface area contributed by atoms with Gasteiger partial charge in [0.25, 0.3) is 0 Å². The normalized spacial score (nSPS) is 10.6. The lowest BCUT2D eigenvalue weighted by Crippen LogP contribution is -2.11.